The lowest BCUT2D eigenvalue weighted by Gasteiger charge is -2.32. The highest BCUT2D eigenvalue weighted by Crippen LogP contribution is 2.24. The molecule has 0 saturated carbocycles. The molecule has 274 valence electrons. The van der Waals surface area contributed by atoms with Crippen molar-refractivity contribution in [3.63, 3.8) is 0 Å². The number of nitrogens with one attached hydrogen (secondary N) is 2. The van der Waals surface area contributed by atoms with Gasteiger partial charge >= 0.3 is 5.97 Å². The minimum Gasteiger partial charge on any atom is -0.480 e. The second-order valence-electron chi connectivity index (χ2n) is 13.3. The van der Waals surface area contributed by atoms with Crippen LogP contribution in [0.15, 0.2) is 36.7 Å². The largest absolute Gasteiger partial charge is 0.480 e. The van der Waals surface area contributed by atoms with E-state index in [2.05, 4.69) is 61.0 Å². The third-order valence-corrected chi connectivity index (χ3v) is 8.73. The number of carbonyl (C=O) groups excluding carboxylic acids is 2. The number of carboxylic acid groups (broad SMARTS) is 1. The van der Waals surface area contributed by atoms with Crippen molar-refractivity contribution in [1.29, 1.82) is 0 Å². The van der Waals surface area contributed by atoms with Crippen molar-refractivity contribution in [3.05, 3.63) is 53.6 Å². The lowest BCUT2D eigenvalue weighted by molar-refractivity contribution is -0.139. The average molecular weight is 723 g/mol. The van der Waals surface area contributed by atoms with E-state index in [0.717, 1.165) is 17.9 Å². The number of benzene rings is 1. The number of aromatic nitrogens is 7. The van der Waals surface area contributed by atoms with E-state index in [9.17, 15) is 19.5 Å². The van der Waals surface area contributed by atoms with Crippen LogP contribution in [0.25, 0.3) is 11.2 Å². The molecule has 1 aromatic carbocycles. The van der Waals surface area contributed by atoms with Gasteiger partial charge in [-0.05, 0) is 76.8 Å². The minimum atomic E-state index is -1.28. The zero-order valence-electron chi connectivity index (χ0n) is 29.7. The summed E-state index contributed by atoms with van der Waals surface area (Å²) in [6, 6.07) is 5.35. The van der Waals surface area contributed by atoms with Crippen LogP contribution in [-0.4, -0.2) is 95.1 Å². The van der Waals surface area contributed by atoms with Crippen molar-refractivity contribution in [2.45, 2.75) is 77.2 Å². The molecular weight excluding hydrogens is 677 g/mol. The predicted octanol–water partition coefficient (Wildman–Crippen LogP) is 2.38. The Morgan fingerprint density at radius 2 is 1.80 bits per heavy atom. The minimum absolute atomic E-state index is 0.0140. The molecule has 2 amide bonds. The summed E-state index contributed by atoms with van der Waals surface area (Å²) >= 11 is 1.77. The molecule has 51 heavy (non-hydrogen) atoms. The Morgan fingerprint density at radius 3 is 2.49 bits per heavy atom. The molecule has 0 saturated heterocycles. The Morgan fingerprint density at radius 1 is 1.08 bits per heavy atom. The van der Waals surface area contributed by atoms with E-state index in [1.807, 2.05) is 25.8 Å². The number of hydrogen-bond donors (Lipinski definition) is 5. The van der Waals surface area contributed by atoms with E-state index in [1.165, 1.54) is 0 Å². The van der Waals surface area contributed by atoms with Crippen molar-refractivity contribution < 1.29 is 24.2 Å². The molecule has 0 spiro atoms. The maximum absolute atomic E-state index is 13.0. The Balaban J connectivity index is 1.27. The summed E-state index contributed by atoms with van der Waals surface area (Å²) in [6.07, 6.45) is 5.88. The van der Waals surface area contributed by atoms with Crippen LogP contribution >= 0.6 is 11.8 Å². The Kier molecular flexibility index (Phi) is 12.7. The van der Waals surface area contributed by atoms with E-state index in [1.54, 1.807) is 53.1 Å². The monoisotopic (exact) mass is 722 g/mol. The average Bonchev–Trinajstić information content (AvgIpc) is 3.57. The molecule has 3 aromatic heterocycles. The number of nitrogens with two attached hydrogens (primary N) is 2. The lowest BCUT2D eigenvalue weighted by atomic mass is 10.0. The summed E-state index contributed by atoms with van der Waals surface area (Å²) in [5, 5.41) is 23.4. The van der Waals surface area contributed by atoms with Gasteiger partial charge in [0.05, 0.1) is 54.6 Å². The van der Waals surface area contributed by atoms with Gasteiger partial charge in [0.2, 0.25) is 11.9 Å². The van der Waals surface area contributed by atoms with Crippen LogP contribution in [0.1, 0.15) is 68.7 Å². The van der Waals surface area contributed by atoms with E-state index >= 15 is 0 Å². The standard InChI is InChI=1S/C33H46N12O5S/c1-32(2,19-50-33(3,4)13-14-51-6)45-23(17-38-43-45)16-36-25(46)12-11-24(30(48)49)40-29(47)20-7-9-22(10-8-20)44(5)18-21-15-37-28-26(39-21)27(34)41-31(35)42-28/h7-10,15,17,24H,11-14,16,18-19H2,1-6H3,(H,36,46)(H,40,47)(H,48,49)(H4,34,35,37,41,42). The molecule has 0 aliphatic rings. The third-order valence-electron chi connectivity index (χ3n) is 8.12. The first-order valence-electron chi connectivity index (χ1n) is 16.3. The van der Waals surface area contributed by atoms with Gasteiger partial charge in [-0.25, -0.2) is 19.4 Å². The molecule has 0 radical (unpaired) electrons. The first-order valence-corrected chi connectivity index (χ1v) is 17.7. The Labute approximate surface area is 300 Å². The Hall–Kier alpha value is -5.10. The summed E-state index contributed by atoms with van der Waals surface area (Å²) < 4.78 is 7.94. The second-order valence-corrected chi connectivity index (χ2v) is 14.3. The van der Waals surface area contributed by atoms with Gasteiger partial charge in [0.1, 0.15) is 6.04 Å². The molecule has 4 rings (SSSR count). The highest BCUT2D eigenvalue weighted by Gasteiger charge is 2.29. The van der Waals surface area contributed by atoms with Gasteiger partial charge in [0, 0.05) is 24.7 Å². The summed E-state index contributed by atoms with van der Waals surface area (Å²) in [7, 11) is 1.84. The van der Waals surface area contributed by atoms with Gasteiger partial charge < -0.3 is 36.8 Å². The van der Waals surface area contributed by atoms with Gasteiger partial charge in [-0.15, -0.1) is 5.10 Å². The first kappa shape index (κ1) is 38.7. The molecule has 18 heteroatoms. The van der Waals surface area contributed by atoms with E-state index in [-0.39, 0.29) is 48.2 Å². The number of nitrogens with zero attached hydrogens (tertiary/aromatic N) is 8. The van der Waals surface area contributed by atoms with Gasteiger partial charge in [0.25, 0.3) is 5.91 Å². The third kappa shape index (κ3) is 10.7. The van der Waals surface area contributed by atoms with Gasteiger partial charge in [-0.3, -0.25) is 9.59 Å². The van der Waals surface area contributed by atoms with Crippen molar-refractivity contribution in [3.8, 4) is 0 Å². The quantitative estimate of drug-likeness (QED) is 0.0990. The number of fused-ring (bicyclic) bond motifs is 1. The van der Waals surface area contributed by atoms with Crippen LogP contribution in [0.5, 0.6) is 0 Å². The number of anilines is 3. The number of nitrogen functional groups attached to an aromatic ring is 2. The maximum Gasteiger partial charge on any atom is 0.326 e. The summed E-state index contributed by atoms with van der Waals surface area (Å²) in [4.78, 5) is 56.3. The van der Waals surface area contributed by atoms with Crippen LogP contribution in [0.2, 0.25) is 0 Å². The molecule has 1 atom stereocenters. The number of aliphatic carboxylic acids is 1. The van der Waals surface area contributed by atoms with Gasteiger partial charge in [-0.1, -0.05) is 5.21 Å². The summed E-state index contributed by atoms with van der Waals surface area (Å²) in [5.74, 6) is -1.07. The summed E-state index contributed by atoms with van der Waals surface area (Å²) in [6.45, 7) is 8.97. The molecular formula is C33H46N12O5S. The van der Waals surface area contributed by atoms with Crippen molar-refractivity contribution in [2.75, 3.05) is 42.0 Å². The lowest BCUT2D eigenvalue weighted by Crippen LogP contribution is -2.42. The molecule has 0 fully saturated rings. The van der Waals surface area contributed by atoms with E-state index < -0.39 is 23.5 Å². The number of ether oxygens (including phenoxy) is 1. The molecule has 0 bridgehead atoms. The zero-order chi connectivity index (χ0) is 37.3. The Bertz CT molecular complexity index is 1830. The molecule has 17 nitrogen and oxygen atoms in total. The number of thioether (sulfide) groups is 1. The SMILES string of the molecule is CSCCC(C)(C)OCC(C)(C)n1nncc1CNC(=O)CCC(NC(=O)c1ccc(N(C)Cc2cnc3nc(N)nc(N)c3n2)cc1)C(=O)O. The zero-order valence-corrected chi connectivity index (χ0v) is 30.5. The highest BCUT2D eigenvalue weighted by molar-refractivity contribution is 7.98. The van der Waals surface area contributed by atoms with Crippen molar-refractivity contribution >= 4 is 58.2 Å². The van der Waals surface area contributed by atoms with Gasteiger partial charge in [-0.2, -0.15) is 21.7 Å². The van der Waals surface area contributed by atoms with Crippen LogP contribution in [0.4, 0.5) is 17.5 Å². The molecule has 4 aromatic rings. The normalized spacial score (nSPS) is 12.4. The molecule has 1 unspecified atom stereocenters. The topological polar surface area (TPSA) is 242 Å². The summed E-state index contributed by atoms with van der Waals surface area (Å²) in [5.41, 5.74) is 13.7. The van der Waals surface area contributed by atoms with Crippen LogP contribution in [-0.2, 0) is 33.0 Å². The number of rotatable bonds is 18. The molecule has 0 aliphatic heterocycles. The molecule has 0 aliphatic carbocycles. The maximum atomic E-state index is 13.0. The molecule has 7 N–H and O–H groups in total. The second kappa shape index (κ2) is 16.7. The number of carbonyl (C=O) groups is 3. The van der Waals surface area contributed by atoms with Gasteiger partial charge in [0.15, 0.2) is 17.0 Å². The fourth-order valence-electron chi connectivity index (χ4n) is 5.05. The molecule has 3 heterocycles. The van der Waals surface area contributed by atoms with Crippen LogP contribution < -0.4 is 27.0 Å². The van der Waals surface area contributed by atoms with Crippen molar-refractivity contribution in [1.82, 2.24) is 45.6 Å². The number of amides is 2. The van der Waals surface area contributed by atoms with E-state index in [4.69, 9.17) is 16.2 Å². The smallest absolute Gasteiger partial charge is 0.326 e. The first-order chi connectivity index (χ1) is 24.1. The highest BCUT2D eigenvalue weighted by atomic mass is 32.2. The van der Waals surface area contributed by atoms with Crippen LogP contribution in [0.3, 0.4) is 0 Å². The van der Waals surface area contributed by atoms with Crippen LogP contribution in [0, 0.1) is 0 Å². The van der Waals surface area contributed by atoms with E-state index in [0.29, 0.717) is 35.7 Å². The fourth-order valence-corrected chi connectivity index (χ4v) is 5.75. The predicted molar refractivity (Wildman–Crippen MR) is 195 cm³/mol. The fraction of sp³-hybridized carbons (Fsp3) is 0.485. The number of hydrogen-bond acceptors (Lipinski definition) is 14. The van der Waals surface area contributed by atoms with Crippen molar-refractivity contribution in [2.24, 2.45) is 0 Å². The number of carboxylic acids is 1.